The van der Waals surface area contributed by atoms with Crippen molar-refractivity contribution in [3.05, 3.63) is 17.4 Å². The van der Waals surface area contributed by atoms with E-state index >= 15 is 0 Å². The molecule has 2 heterocycles. The van der Waals surface area contributed by atoms with Crippen molar-refractivity contribution in [3.8, 4) is 0 Å². The number of anilines is 1. The van der Waals surface area contributed by atoms with Crippen molar-refractivity contribution in [2.45, 2.75) is 52.1 Å². The zero-order chi connectivity index (χ0) is 17.0. The number of nitrogens with one attached hydrogen (secondary N) is 2. The molecule has 0 spiro atoms. The summed E-state index contributed by atoms with van der Waals surface area (Å²) >= 11 is 5.84. The summed E-state index contributed by atoms with van der Waals surface area (Å²) in [6, 6.07) is -0.0303. The van der Waals surface area contributed by atoms with Gasteiger partial charge in [-0.05, 0) is 46.5 Å². The number of nitrogens with zero attached hydrogens (tertiary/aromatic N) is 3. The fraction of sp³-hybridized carbons (Fsp3) is 0.688. The smallest absolute Gasteiger partial charge is 0.315 e. The highest BCUT2D eigenvalue weighted by Gasteiger charge is 2.27. The number of urea groups is 1. The Hall–Kier alpha value is -1.56. The number of hydrogen-bond acceptors (Lipinski definition) is 4. The molecule has 6 nitrogen and oxygen atoms in total. The topological polar surface area (TPSA) is 70.2 Å². The van der Waals surface area contributed by atoms with Crippen LogP contribution < -0.4 is 15.5 Å². The fourth-order valence-electron chi connectivity index (χ4n) is 2.77. The molecule has 0 bridgehead atoms. The normalized spacial score (nSPS) is 20.0. The standard InChI is InChI=1S/C16H26ClN5O/c1-11(20-15(23)21-16(2,3)4)12-6-5-7-22(10-12)14-18-8-13(17)9-19-14/h8-9,11-12H,5-7,10H2,1-4H3,(H2,20,21,23). The van der Waals surface area contributed by atoms with Crippen LogP contribution in [0.5, 0.6) is 0 Å². The summed E-state index contributed by atoms with van der Waals surface area (Å²) in [7, 11) is 0. The molecule has 0 radical (unpaired) electrons. The van der Waals surface area contributed by atoms with Gasteiger partial charge >= 0.3 is 6.03 Å². The monoisotopic (exact) mass is 339 g/mol. The maximum atomic E-state index is 12.0. The van der Waals surface area contributed by atoms with Crippen molar-refractivity contribution in [1.82, 2.24) is 20.6 Å². The summed E-state index contributed by atoms with van der Waals surface area (Å²) in [5.74, 6) is 1.07. The van der Waals surface area contributed by atoms with Gasteiger partial charge in [-0.2, -0.15) is 0 Å². The van der Waals surface area contributed by atoms with Gasteiger partial charge in [-0.15, -0.1) is 0 Å². The SMILES string of the molecule is CC(NC(=O)NC(C)(C)C)C1CCCN(c2ncc(Cl)cn2)C1. The summed E-state index contributed by atoms with van der Waals surface area (Å²) in [4.78, 5) is 22.8. The maximum Gasteiger partial charge on any atom is 0.315 e. The molecule has 0 aliphatic carbocycles. The Kier molecular flexibility index (Phi) is 5.68. The number of carbonyl (C=O) groups excluding carboxylic acids is 1. The summed E-state index contributed by atoms with van der Waals surface area (Å²) in [5.41, 5.74) is -0.237. The third kappa shape index (κ3) is 5.53. The number of piperidine rings is 1. The van der Waals surface area contributed by atoms with Gasteiger partial charge < -0.3 is 15.5 Å². The van der Waals surface area contributed by atoms with Gasteiger partial charge in [-0.1, -0.05) is 11.6 Å². The van der Waals surface area contributed by atoms with Gasteiger partial charge in [0.05, 0.1) is 17.4 Å². The molecule has 2 rings (SSSR count). The number of aromatic nitrogens is 2. The first-order chi connectivity index (χ1) is 10.7. The third-order valence-corrected chi connectivity index (χ3v) is 4.10. The summed E-state index contributed by atoms with van der Waals surface area (Å²) in [6.45, 7) is 9.73. The Morgan fingerprint density at radius 1 is 1.39 bits per heavy atom. The zero-order valence-corrected chi connectivity index (χ0v) is 15.0. The lowest BCUT2D eigenvalue weighted by Crippen LogP contribution is -2.52. The van der Waals surface area contributed by atoms with Gasteiger partial charge in [0.15, 0.2) is 0 Å². The highest BCUT2D eigenvalue weighted by molar-refractivity contribution is 6.30. The summed E-state index contributed by atoms with van der Waals surface area (Å²) in [5, 5.41) is 6.52. The van der Waals surface area contributed by atoms with E-state index in [4.69, 9.17) is 11.6 Å². The van der Waals surface area contributed by atoms with Crippen molar-refractivity contribution in [2.75, 3.05) is 18.0 Å². The molecule has 2 unspecified atom stereocenters. The number of amides is 2. The highest BCUT2D eigenvalue weighted by atomic mass is 35.5. The molecular weight excluding hydrogens is 314 g/mol. The molecule has 2 N–H and O–H groups in total. The first-order valence-electron chi connectivity index (χ1n) is 8.06. The second kappa shape index (κ2) is 7.34. The van der Waals surface area contributed by atoms with Crippen molar-refractivity contribution in [3.63, 3.8) is 0 Å². The van der Waals surface area contributed by atoms with Crippen LogP contribution in [0.3, 0.4) is 0 Å². The number of hydrogen-bond donors (Lipinski definition) is 2. The minimum atomic E-state index is -0.237. The van der Waals surface area contributed by atoms with Crippen LogP contribution in [0.4, 0.5) is 10.7 Å². The lowest BCUT2D eigenvalue weighted by atomic mass is 9.92. The van der Waals surface area contributed by atoms with Crippen molar-refractivity contribution >= 4 is 23.6 Å². The Morgan fingerprint density at radius 2 is 2.04 bits per heavy atom. The molecule has 0 aromatic carbocycles. The van der Waals surface area contributed by atoms with Gasteiger partial charge in [0.25, 0.3) is 0 Å². The van der Waals surface area contributed by atoms with Crippen LogP contribution in [0.25, 0.3) is 0 Å². The van der Waals surface area contributed by atoms with E-state index in [9.17, 15) is 4.79 Å². The molecule has 0 saturated carbocycles. The van der Waals surface area contributed by atoms with Crippen LogP contribution in [0.2, 0.25) is 5.02 Å². The van der Waals surface area contributed by atoms with Gasteiger partial charge in [0.1, 0.15) is 0 Å². The van der Waals surface area contributed by atoms with Crippen molar-refractivity contribution in [2.24, 2.45) is 5.92 Å². The molecule has 1 aromatic rings. The highest BCUT2D eigenvalue weighted by Crippen LogP contribution is 2.23. The molecule has 1 aliphatic heterocycles. The average molecular weight is 340 g/mol. The fourth-order valence-corrected chi connectivity index (χ4v) is 2.87. The van der Waals surface area contributed by atoms with E-state index in [0.717, 1.165) is 25.9 Å². The maximum absolute atomic E-state index is 12.0. The molecule has 2 atom stereocenters. The Balaban J connectivity index is 1.92. The van der Waals surface area contributed by atoms with Crippen LogP contribution in [0, 0.1) is 5.92 Å². The number of halogens is 1. The van der Waals surface area contributed by atoms with E-state index in [0.29, 0.717) is 16.9 Å². The van der Waals surface area contributed by atoms with E-state index in [2.05, 4.69) is 32.4 Å². The predicted molar refractivity (Wildman–Crippen MR) is 92.9 cm³/mol. The lowest BCUT2D eigenvalue weighted by Gasteiger charge is -2.36. The first kappa shape index (κ1) is 17.8. The molecule has 2 amide bonds. The number of rotatable bonds is 3. The Morgan fingerprint density at radius 3 is 2.65 bits per heavy atom. The van der Waals surface area contributed by atoms with E-state index in [1.807, 2.05) is 20.8 Å². The summed E-state index contributed by atoms with van der Waals surface area (Å²) in [6.07, 6.45) is 5.38. The van der Waals surface area contributed by atoms with E-state index < -0.39 is 0 Å². The third-order valence-electron chi connectivity index (χ3n) is 3.90. The molecule has 1 aliphatic rings. The van der Waals surface area contributed by atoms with Gasteiger partial charge in [0, 0.05) is 24.7 Å². The van der Waals surface area contributed by atoms with Gasteiger partial charge in [-0.3, -0.25) is 0 Å². The van der Waals surface area contributed by atoms with Crippen LogP contribution >= 0.6 is 11.6 Å². The van der Waals surface area contributed by atoms with Gasteiger partial charge in [0.2, 0.25) is 5.95 Å². The van der Waals surface area contributed by atoms with Crippen LogP contribution in [-0.2, 0) is 0 Å². The van der Waals surface area contributed by atoms with Crippen LogP contribution in [-0.4, -0.2) is 40.7 Å². The predicted octanol–water partition coefficient (Wildman–Crippen LogP) is 2.83. The molecule has 1 fully saturated rings. The minimum Gasteiger partial charge on any atom is -0.340 e. The van der Waals surface area contributed by atoms with E-state index in [1.165, 1.54) is 0 Å². The Labute approximate surface area is 143 Å². The minimum absolute atomic E-state index is 0.0902. The van der Waals surface area contributed by atoms with E-state index in [1.54, 1.807) is 12.4 Å². The molecule has 23 heavy (non-hydrogen) atoms. The van der Waals surface area contributed by atoms with Crippen LogP contribution in [0.15, 0.2) is 12.4 Å². The second-order valence-corrected chi connectivity index (χ2v) is 7.62. The average Bonchev–Trinajstić information content (AvgIpc) is 2.46. The molecule has 7 heteroatoms. The zero-order valence-electron chi connectivity index (χ0n) is 14.3. The van der Waals surface area contributed by atoms with Crippen molar-refractivity contribution < 1.29 is 4.79 Å². The molecular formula is C16H26ClN5O. The quantitative estimate of drug-likeness (QED) is 0.888. The first-order valence-corrected chi connectivity index (χ1v) is 8.43. The Bertz CT molecular complexity index is 528. The number of carbonyl (C=O) groups is 1. The van der Waals surface area contributed by atoms with Crippen LogP contribution in [0.1, 0.15) is 40.5 Å². The molecule has 128 valence electrons. The lowest BCUT2D eigenvalue weighted by molar-refractivity contribution is 0.221. The molecule has 1 saturated heterocycles. The van der Waals surface area contributed by atoms with Crippen molar-refractivity contribution in [1.29, 1.82) is 0 Å². The summed E-state index contributed by atoms with van der Waals surface area (Å²) < 4.78 is 0. The van der Waals surface area contributed by atoms with E-state index in [-0.39, 0.29) is 17.6 Å². The van der Waals surface area contributed by atoms with Gasteiger partial charge in [-0.25, -0.2) is 14.8 Å². The second-order valence-electron chi connectivity index (χ2n) is 7.19. The molecule has 1 aromatic heterocycles. The largest absolute Gasteiger partial charge is 0.340 e.